The summed E-state index contributed by atoms with van der Waals surface area (Å²) in [5.74, 6) is 0. The number of aliphatic hydroxyl groups is 1. The van der Waals surface area contributed by atoms with Gasteiger partial charge in [-0.2, -0.15) is 0 Å². The summed E-state index contributed by atoms with van der Waals surface area (Å²) in [6.07, 6.45) is 3.81. The number of unbranched alkanes of at least 4 members (excludes halogenated alkanes) is 1. The number of rotatable bonds is 9. The second-order valence-electron chi connectivity index (χ2n) is 5.69. The molecule has 0 aliphatic heterocycles. The SMILES string of the molecule is CCCCN(C)c1ccc(NC(=O)NC(C)CCCO)cc1. The fourth-order valence-corrected chi connectivity index (χ4v) is 2.18. The molecule has 0 fully saturated rings. The van der Waals surface area contributed by atoms with Crippen LogP contribution in [-0.4, -0.2) is 37.4 Å². The smallest absolute Gasteiger partial charge is 0.319 e. The van der Waals surface area contributed by atoms with Gasteiger partial charge in [-0.15, -0.1) is 0 Å². The van der Waals surface area contributed by atoms with Crippen molar-refractivity contribution < 1.29 is 9.90 Å². The van der Waals surface area contributed by atoms with Gasteiger partial charge in [0, 0.05) is 37.6 Å². The predicted octanol–water partition coefficient (Wildman–Crippen LogP) is 3.21. The largest absolute Gasteiger partial charge is 0.396 e. The molecule has 0 radical (unpaired) electrons. The Morgan fingerprint density at radius 1 is 1.27 bits per heavy atom. The van der Waals surface area contributed by atoms with Crippen molar-refractivity contribution in [1.29, 1.82) is 0 Å². The molecule has 1 unspecified atom stereocenters. The molecule has 0 heterocycles. The molecule has 1 rings (SSSR count). The van der Waals surface area contributed by atoms with E-state index >= 15 is 0 Å². The maximum atomic E-state index is 11.9. The maximum absolute atomic E-state index is 11.9. The molecule has 22 heavy (non-hydrogen) atoms. The van der Waals surface area contributed by atoms with Crippen LogP contribution >= 0.6 is 0 Å². The van der Waals surface area contributed by atoms with Crippen LogP contribution < -0.4 is 15.5 Å². The summed E-state index contributed by atoms with van der Waals surface area (Å²) >= 11 is 0. The molecule has 1 aromatic carbocycles. The molecule has 5 nitrogen and oxygen atoms in total. The van der Waals surface area contributed by atoms with Gasteiger partial charge in [0.25, 0.3) is 0 Å². The van der Waals surface area contributed by atoms with Crippen molar-refractivity contribution >= 4 is 17.4 Å². The Morgan fingerprint density at radius 3 is 2.55 bits per heavy atom. The van der Waals surface area contributed by atoms with Crippen molar-refractivity contribution in [3.05, 3.63) is 24.3 Å². The van der Waals surface area contributed by atoms with Crippen LogP contribution in [0.2, 0.25) is 0 Å². The lowest BCUT2D eigenvalue weighted by Crippen LogP contribution is -2.36. The zero-order chi connectivity index (χ0) is 16.4. The molecular formula is C17H29N3O2. The molecule has 3 N–H and O–H groups in total. The summed E-state index contributed by atoms with van der Waals surface area (Å²) in [4.78, 5) is 14.1. The van der Waals surface area contributed by atoms with Gasteiger partial charge in [-0.3, -0.25) is 0 Å². The topological polar surface area (TPSA) is 64.6 Å². The molecule has 124 valence electrons. The third kappa shape index (κ3) is 6.80. The van der Waals surface area contributed by atoms with Gasteiger partial charge in [-0.05, 0) is 50.5 Å². The molecule has 0 aliphatic rings. The highest BCUT2D eigenvalue weighted by Crippen LogP contribution is 2.17. The minimum atomic E-state index is -0.211. The van der Waals surface area contributed by atoms with E-state index in [2.05, 4.69) is 29.5 Å². The Kier molecular flexibility index (Phi) is 8.36. The van der Waals surface area contributed by atoms with E-state index in [4.69, 9.17) is 5.11 Å². The van der Waals surface area contributed by atoms with E-state index in [-0.39, 0.29) is 18.7 Å². The molecule has 0 aliphatic carbocycles. The minimum absolute atomic E-state index is 0.0478. The highest BCUT2D eigenvalue weighted by atomic mass is 16.3. The zero-order valence-electron chi connectivity index (χ0n) is 13.9. The lowest BCUT2D eigenvalue weighted by Gasteiger charge is -2.19. The molecular weight excluding hydrogens is 278 g/mol. The highest BCUT2D eigenvalue weighted by molar-refractivity contribution is 5.89. The van der Waals surface area contributed by atoms with Crippen molar-refractivity contribution in [3.63, 3.8) is 0 Å². The van der Waals surface area contributed by atoms with Gasteiger partial charge < -0.3 is 20.6 Å². The number of urea groups is 1. The van der Waals surface area contributed by atoms with Crippen LogP contribution in [0.25, 0.3) is 0 Å². The first-order chi connectivity index (χ1) is 10.6. The maximum Gasteiger partial charge on any atom is 0.319 e. The number of nitrogens with zero attached hydrogens (tertiary/aromatic N) is 1. The average Bonchev–Trinajstić information content (AvgIpc) is 2.51. The summed E-state index contributed by atoms with van der Waals surface area (Å²) in [6.45, 7) is 5.30. The van der Waals surface area contributed by atoms with Gasteiger partial charge in [0.2, 0.25) is 0 Å². The van der Waals surface area contributed by atoms with E-state index in [1.165, 1.54) is 12.8 Å². The van der Waals surface area contributed by atoms with Crippen molar-refractivity contribution in [1.82, 2.24) is 5.32 Å². The Balaban J connectivity index is 2.44. The van der Waals surface area contributed by atoms with E-state index in [0.717, 1.165) is 24.3 Å². The number of benzene rings is 1. The van der Waals surface area contributed by atoms with Crippen LogP contribution in [0, 0.1) is 0 Å². The normalized spacial score (nSPS) is 11.8. The number of amides is 2. The molecule has 0 aromatic heterocycles. The number of aliphatic hydroxyl groups excluding tert-OH is 1. The lowest BCUT2D eigenvalue weighted by molar-refractivity contribution is 0.245. The van der Waals surface area contributed by atoms with Crippen LogP contribution in [0.4, 0.5) is 16.2 Å². The molecule has 1 atom stereocenters. The third-order valence-electron chi connectivity index (χ3n) is 3.59. The van der Waals surface area contributed by atoms with Crippen molar-refractivity contribution in [2.75, 3.05) is 30.4 Å². The molecule has 1 aromatic rings. The number of anilines is 2. The Labute approximate surface area is 133 Å². The first-order valence-electron chi connectivity index (χ1n) is 8.06. The Bertz CT molecular complexity index is 434. The summed E-state index contributed by atoms with van der Waals surface area (Å²) in [5.41, 5.74) is 1.93. The zero-order valence-corrected chi connectivity index (χ0v) is 13.9. The number of hydrogen-bond donors (Lipinski definition) is 3. The number of carbonyl (C=O) groups is 1. The first-order valence-corrected chi connectivity index (χ1v) is 8.06. The summed E-state index contributed by atoms with van der Waals surface area (Å²) in [7, 11) is 2.08. The molecule has 5 heteroatoms. The second kappa shape index (κ2) is 10.1. The van der Waals surface area contributed by atoms with E-state index in [1.807, 2.05) is 31.2 Å². The summed E-state index contributed by atoms with van der Waals surface area (Å²) in [5, 5.41) is 14.5. The van der Waals surface area contributed by atoms with Crippen LogP contribution in [0.15, 0.2) is 24.3 Å². The average molecular weight is 307 g/mol. The van der Waals surface area contributed by atoms with E-state index < -0.39 is 0 Å². The van der Waals surface area contributed by atoms with Crippen molar-refractivity contribution in [3.8, 4) is 0 Å². The molecule has 2 amide bonds. The van der Waals surface area contributed by atoms with Crippen molar-refractivity contribution in [2.45, 2.75) is 45.6 Å². The van der Waals surface area contributed by atoms with Gasteiger partial charge in [0.05, 0.1) is 0 Å². The standard InChI is InChI=1S/C17H29N3O2/c1-4-5-12-20(3)16-10-8-15(9-11-16)19-17(22)18-14(2)7-6-13-21/h8-11,14,21H,4-7,12-13H2,1-3H3,(H2,18,19,22). The van der Waals surface area contributed by atoms with Crippen LogP contribution in [0.1, 0.15) is 39.5 Å². The molecule has 0 spiro atoms. The second-order valence-corrected chi connectivity index (χ2v) is 5.69. The third-order valence-corrected chi connectivity index (χ3v) is 3.59. The van der Waals surface area contributed by atoms with Crippen LogP contribution in [0.5, 0.6) is 0 Å². The van der Waals surface area contributed by atoms with E-state index in [9.17, 15) is 4.79 Å². The highest BCUT2D eigenvalue weighted by Gasteiger charge is 2.07. The van der Waals surface area contributed by atoms with Crippen LogP contribution in [0.3, 0.4) is 0 Å². The van der Waals surface area contributed by atoms with E-state index in [0.29, 0.717) is 6.42 Å². The monoisotopic (exact) mass is 307 g/mol. The summed E-state index contributed by atoms with van der Waals surface area (Å²) in [6, 6.07) is 7.69. The predicted molar refractivity (Wildman–Crippen MR) is 92.6 cm³/mol. The van der Waals surface area contributed by atoms with Crippen molar-refractivity contribution in [2.24, 2.45) is 0 Å². The Morgan fingerprint density at radius 2 is 1.95 bits per heavy atom. The quantitative estimate of drug-likeness (QED) is 0.656. The van der Waals surface area contributed by atoms with Crippen LogP contribution in [-0.2, 0) is 0 Å². The molecule has 0 bridgehead atoms. The summed E-state index contributed by atoms with van der Waals surface area (Å²) < 4.78 is 0. The van der Waals surface area contributed by atoms with Gasteiger partial charge in [0.1, 0.15) is 0 Å². The number of hydrogen-bond acceptors (Lipinski definition) is 3. The van der Waals surface area contributed by atoms with Gasteiger partial charge >= 0.3 is 6.03 Å². The fourth-order valence-electron chi connectivity index (χ4n) is 2.18. The molecule has 0 saturated carbocycles. The van der Waals surface area contributed by atoms with Gasteiger partial charge in [-0.1, -0.05) is 13.3 Å². The van der Waals surface area contributed by atoms with Gasteiger partial charge in [-0.25, -0.2) is 4.79 Å². The van der Waals surface area contributed by atoms with E-state index in [1.54, 1.807) is 0 Å². The number of carbonyl (C=O) groups excluding carboxylic acids is 1. The lowest BCUT2D eigenvalue weighted by atomic mass is 10.2. The van der Waals surface area contributed by atoms with Gasteiger partial charge in [0.15, 0.2) is 0 Å². The first kappa shape index (κ1) is 18.3. The fraction of sp³-hybridized carbons (Fsp3) is 0.588. The number of nitrogens with one attached hydrogen (secondary N) is 2. The minimum Gasteiger partial charge on any atom is -0.396 e. The Hall–Kier alpha value is -1.75. The molecule has 0 saturated heterocycles.